The smallest absolute Gasteiger partial charge is 0.354 e. The molecule has 94 valence electrons. The molecule has 0 bridgehead atoms. The average molecular weight is 239 g/mol. The molecule has 6 heteroatoms. The molecular formula is C11H17N3O3. The number of morpholine rings is 1. The van der Waals surface area contributed by atoms with Crippen molar-refractivity contribution in [1.29, 1.82) is 0 Å². The fraction of sp³-hybridized carbons (Fsp3) is 0.636. The van der Waals surface area contributed by atoms with Crippen molar-refractivity contribution in [1.82, 2.24) is 14.7 Å². The maximum Gasteiger partial charge on any atom is 0.354 e. The van der Waals surface area contributed by atoms with E-state index in [0.29, 0.717) is 0 Å². The number of ether oxygens (including phenoxy) is 1. The Morgan fingerprint density at radius 3 is 2.82 bits per heavy atom. The molecule has 2 rings (SSSR count). The lowest BCUT2D eigenvalue weighted by Crippen LogP contribution is -2.37. The Morgan fingerprint density at radius 1 is 1.53 bits per heavy atom. The highest BCUT2D eigenvalue weighted by atomic mass is 16.5. The first kappa shape index (κ1) is 12.1. The maximum atomic E-state index is 10.9. The van der Waals surface area contributed by atoms with Crippen molar-refractivity contribution in [3.8, 4) is 0 Å². The first-order valence-corrected chi connectivity index (χ1v) is 5.73. The van der Waals surface area contributed by atoms with Crippen molar-refractivity contribution >= 4 is 5.97 Å². The molecule has 1 aromatic heterocycles. The van der Waals surface area contributed by atoms with Gasteiger partial charge in [-0.15, -0.1) is 0 Å². The van der Waals surface area contributed by atoms with Crippen molar-refractivity contribution in [3.05, 3.63) is 17.5 Å². The van der Waals surface area contributed by atoms with Crippen molar-refractivity contribution in [3.63, 3.8) is 0 Å². The average Bonchev–Trinajstić information content (AvgIpc) is 2.69. The number of carboxylic acids is 1. The van der Waals surface area contributed by atoms with Gasteiger partial charge >= 0.3 is 5.97 Å². The number of carboxylic acid groups (broad SMARTS) is 1. The van der Waals surface area contributed by atoms with Crippen molar-refractivity contribution in [2.24, 2.45) is 7.05 Å². The molecule has 0 spiro atoms. The number of hydrogen-bond acceptors (Lipinski definition) is 4. The molecule has 17 heavy (non-hydrogen) atoms. The van der Waals surface area contributed by atoms with Gasteiger partial charge < -0.3 is 9.84 Å². The molecule has 6 nitrogen and oxygen atoms in total. The Labute approximate surface area is 99.8 Å². The molecule has 1 aliphatic heterocycles. The van der Waals surface area contributed by atoms with E-state index in [9.17, 15) is 4.79 Å². The SMILES string of the molecule is Cn1nc(CCN2CCOCC2)cc1C(=O)O. The van der Waals surface area contributed by atoms with Gasteiger partial charge in [0.2, 0.25) is 0 Å². The monoisotopic (exact) mass is 239 g/mol. The van der Waals surface area contributed by atoms with Crippen LogP contribution in [-0.4, -0.2) is 58.6 Å². The number of aromatic carboxylic acids is 1. The van der Waals surface area contributed by atoms with Crippen LogP contribution in [0.4, 0.5) is 0 Å². The molecule has 0 aromatic carbocycles. The van der Waals surface area contributed by atoms with Gasteiger partial charge in [0, 0.05) is 33.1 Å². The predicted octanol–water partition coefficient (Wildman–Crippen LogP) is -0.00700. The summed E-state index contributed by atoms with van der Waals surface area (Å²) in [6.45, 7) is 4.35. The third-order valence-electron chi connectivity index (χ3n) is 2.94. The number of rotatable bonds is 4. The van der Waals surface area contributed by atoms with Crippen molar-refractivity contribution in [2.75, 3.05) is 32.8 Å². The summed E-state index contributed by atoms with van der Waals surface area (Å²) >= 11 is 0. The van der Waals surface area contributed by atoms with E-state index in [4.69, 9.17) is 9.84 Å². The highest BCUT2D eigenvalue weighted by Crippen LogP contribution is 2.06. The maximum absolute atomic E-state index is 10.9. The van der Waals surface area contributed by atoms with Gasteiger partial charge in [-0.1, -0.05) is 0 Å². The molecule has 0 radical (unpaired) electrons. The van der Waals surface area contributed by atoms with Gasteiger partial charge in [-0.3, -0.25) is 9.58 Å². The summed E-state index contributed by atoms with van der Waals surface area (Å²) in [5.74, 6) is -0.933. The lowest BCUT2D eigenvalue weighted by atomic mass is 10.2. The molecule has 2 heterocycles. The van der Waals surface area contributed by atoms with E-state index in [2.05, 4.69) is 10.00 Å². The number of nitrogens with zero attached hydrogens (tertiary/aromatic N) is 3. The van der Waals surface area contributed by atoms with Crippen LogP contribution >= 0.6 is 0 Å². The summed E-state index contributed by atoms with van der Waals surface area (Å²) in [7, 11) is 1.65. The van der Waals surface area contributed by atoms with E-state index in [1.807, 2.05) is 0 Å². The van der Waals surface area contributed by atoms with Crippen LogP contribution in [0.5, 0.6) is 0 Å². The second kappa shape index (κ2) is 5.29. The summed E-state index contributed by atoms with van der Waals surface area (Å²) in [5, 5.41) is 13.1. The molecule has 1 aliphatic rings. The van der Waals surface area contributed by atoms with Gasteiger partial charge in [0.05, 0.1) is 18.9 Å². The molecule has 1 saturated heterocycles. The Kier molecular flexibility index (Phi) is 3.75. The van der Waals surface area contributed by atoms with Gasteiger partial charge in [-0.05, 0) is 6.07 Å². The summed E-state index contributed by atoms with van der Waals surface area (Å²) in [6, 6.07) is 1.64. The Hall–Kier alpha value is -1.40. The lowest BCUT2D eigenvalue weighted by Gasteiger charge is -2.26. The van der Waals surface area contributed by atoms with Gasteiger partial charge in [0.15, 0.2) is 0 Å². The molecule has 1 N–H and O–H groups in total. The van der Waals surface area contributed by atoms with Gasteiger partial charge in [0.25, 0.3) is 0 Å². The first-order valence-electron chi connectivity index (χ1n) is 5.73. The van der Waals surface area contributed by atoms with Crippen LogP contribution in [0.15, 0.2) is 6.07 Å². The minimum absolute atomic E-state index is 0.238. The number of aryl methyl sites for hydroxylation is 1. The summed E-state index contributed by atoms with van der Waals surface area (Å²) < 4.78 is 6.68. The standard InChI is InChI=1S/C11H17N3O3/c1-13-10(11(15)16)8-9(12-13)2-3-14-4-6-17-7-5-14/h8H,2-7H2,1H3,(H,15,16). The fourth-order valence-electron chi connectivity index (χ4n) is 1.95. The Balaban J connectivity index is 1.90. The van der Waals surface area contributed by atoms with Gasteiger partial charge in [-0.25, -0.2) is 4.79 Å². The fourth-order valence-corrected chi connectivity index (χ4v) is 1.95. The third kappa shape index (κ3) is 3.04. The molecule has 0 unspecified atom stereocenters. The van der Waals surface area contributed by atoms with Gasteiger partial charge in [0.1, 0.15) is 5.69 Å². The Bertz CT molecular complexity index is 397. The van der Waals surface area contributed by atoms with E-state index >= 15 is 0 Å². The predicted molar refractivity (Wildman–Crippen MR) is 61.1 cm³/mol. The summed E-state index contributed by atoms with van der Waals surface area (Å²) in [6.07, 6.45) is 0.779. The first-order chi connectivity index (χ1) is 8.16. The largest absolute Gasteiger partial charge is 0.477 e. The minimum atomic E-state index is -0.933. The van der Waals surface area contributed by atoms with Crippen LogP contribution in [0, 0.1) is 0 Å². The third-order valence-corrected chi connectivity index (χ3v) is 2.94. The van der Waals surface area contributed by atoms with Crippen LogP contribution in [0.25, 0.3) is 0 Å². The molecular weight excluding hydrogens is 222 g/mol. The van der Waals surface area contributed by atoms with E-state index in [1.54, 1.807) is 13.1 Å². The second-order valence-corrected chi connectivity index (χ2v) is 4.15. The molecule has 0 saturated carbocycles. The highest BCUT2D eigenvalue weighted by Gasteiger charge is 2.14. The zero-order valence-corrected chi connectivity index (χ0v) is 9.93. The number of carbonyl (C=O) groups is 1. The quantitative estimate of drug-likeness (QED) is 0.800. The molecule has 1 fully saturated rings. The zero-order chi connectivity index (χ0) is 12.3. The molecule has 1 aromatic rings. The van der Waals surface area contributed by atoms with Crippen LogP contribution in [0.3, 0.4) is 0 Å². The van der Waals surface area contributed by atoms with Gasteiger partial charge in [-0.2, -0.15) is 5.10 Å². The lowest BCUT2D eigenvalue weighted by molar-refractivity contribution is 0.0383. The minimum Gasteiger partial charge on any atom is -0.477 e. The van der Waals surface area contributed by atoms with E-state index in [1.165, 1.54) is 4.68 Å². The number of hydrogen-bond donors (Lipinski definition) is 1. The topological polar surface area (TPSA) is 67.6 Å². The summed E-state index contributed by atoms with van der Waals surface area (Å²) in [4.78, 5) is 13.2. The summed E-state index contributed by atoms with van der Waals surface area (Å²) in [5.41, 5.74) is 1.07. The normalized spacial score (nSPS) is 17.2. The van der Waals surface area contributed by atoms with Crippen molar-refractivity contribution < 1.29 is 14.6 Å². The second-order valence-electron chi connectivity index (χ2n) is 4.15. The van der Waals surface area contributed by atoms with Crippen LogP contribution in [0.1, 0.15) is 16.2 Å². The van der Waals surface area contributed by atoms with Crippen LogP contribution in [-0.2, 0) is 18.2 Å². The zero-order valence-electron chi connectivity index (χ0n) is 9.93. The molecule has 0 aliphatic carbocycles. The van der Waals surface area contributed by atoms with E-state index in [-0.39, 0.29) is 5.69 Å². The Morgan fingerprint density at radius 2 is 2.24 bits per heavy atom. The molecule has 0 atom stereocenters. The van der Waals surface area contributed by atoms with Crippen molar-refractivity contribution in [2.45, 2.75) is 6.42 Å². The van der Waals surface area contributed by atoms with Crippen LogP contribution < -0.4 is 0 Å². The number of aromatic nitrogens is 2. The van der Waals surface area contributed by atoms with E-state index < -0.39 is 5.97 Å². The van der Waals surface area contributed by atoms with Crippen LogP contribution in [0.2, 0.25) is 0 Å². The molecule has 0 amide bonds. The van der Waals surface area contributed by atoms with E-state index in [0.717, 1.165) is 45.0 Å². The highest BCUT2D eigenvalue weighted by molar-refractivity contribution is 5.85.